The molecule has 0 atom stereocenters. The number of ketones is 1. The maximum Gasteiger partial charge on any atom is 0.273 e. The smallest absolute Gasteiger partial charge is 0.273 e. The molecule has 1 aliphatic rings. The van der Waals surface area contributed by atoms with Crippen molar-refractivity contribution in [3.63, 3.8) is 0 Å². The summed E-state index contributed by atoms with van der Waals surface area (Å²) in [5, 5.41) is 0. The first-order valence-corrected chi connectivity index (χ1v) is 17.6. The number of ether oxygens (including phenoxy) is 2. The summed E-state index contributed by atoms with van der Waals surface area (Å²) in [6.45, 7) is 16.1. The molecular formula is C20H36N2O4Si2. The molecule has 28 heavy (non-hydrogen) atoms. The summed E-state index contributed by atoms with van der Waals surface area (Å²) in [5.41, 5.74) is 0.938. The number of amides is 1. The van der Waals surface area contributed by atoms with Gasteiger partial charge in [0.2, 0.25) is 0 Å². The molecular weight excluding hydrogens is 388 g/mol. The van der Waals surface area contributed by atoms with Gasteiger partial charge in [-0.1, -0.05) is 39.3 Å². The van der Waals surface area contributed by atoms with Crippen LogP contribution in [0.1, 0.15) is 27.3 Å². The molecule has 1 amide bonds. The Hall–Kier alpha value is -1.23. The summed E-state index contributed by atoms with van der Waals surface area (Å²) in [6, 6.07) is 3.87. The van der Waals surface area contributed by atoms with Crippen molar-refractivity contribution in [2.24, 2.45) is 0 Å². The molecule has 0 N–H and O–H groups in total. The van der Waals surface area contributed by atoms with E-state index in [9.17, 15) is 9.59 Å². The first kappa shape index (κ1) is 23.1. The maximum atomic E-state index is 13.1. The van der Waals surface area contributed by atoms with Crippen LogP contribution in [-0.2, 0) is 16.2 Å². The summed E-state index contributed by atoms with van der Waals surface area (Å²) in [7, 11) is -2.33. The standard InChI is InChI=1S/C20H36N2O4Si2/c1-27(2,3)13-11-25-15-21-9-7-17-18(23)8-10-22(20(24)19(17)21)16-26-12-14-28(4,5)6/h7,9H,8,10-16H2,1-6H3. The molecule has 0 bridgehead atoms. The quantitative estimate of drug-likeness (QED) is 0.418. The molecule has 0 spiro atoms. The third kappa shape index (κ3) is 6.98. The van der Waals surface area contributed by atoms with E-state index < -0.39 is 16.1 Å². The minimum Gasteiger partial charge on any atom is -0.361 e. The molecule has 0 aliphatic carbocycles. The molecule has 0 fully saturated rings. The zero-order chi connectivity index (χ0) is 20.9. The number of aromatic nitrogens is 1. The fourth-order valence-electron chi connectivity index (χ4n) is 2.88. The van der Waals surface area contributed by atoms with Gasteiger partial charge in [0.15, 0.2) is 5.78 Å². The van der Waals surface area contributed by atoms with E-state index in [4.69, 9.17) is 9.47 Å². The van der Waals surface area contributed by atoms with Crippen molar-refractivity contribution in [2.75, 3.05) is 26.5 Å². The molecule has 0 saturated heterocycles. The molecule has 2 rings (SSSR count). The number of hydrogen-bond acceptors (Lipinski definition) is 4. The van der Waals surface area contributed by atoms with Crippen molar-refractivity contribution in [3.8, 4) is 0 Å². The zero-order valence-electron chi connectivity index (χ0n) is 18.3. The minimum atomic E-state index is -1.17. The van der Waals surface area contributed by atoms with Crippen LogP contribution in [0.5, 0.6) is 0 Å². The van der Waals surface area contributed by atoms with Crippen LogP contribution in [0.2, 0.25) is 51.4 Å². The predicted octanol–water partition coefficient (Wildman–Crippen LogP) is 4.14. The van der Waals surface area contributed by atoms with E-state index in [1.807, 2.05) is 0 Å². The molecule has 6 nitrogen and oxygen atoms in total. The predicted molar refractivity (Wildman–Crippen MR) is 117 cm³/mol. The van der Waals surface area contributed by atoms with Crippen LogP contribution in [0, 0.1) is 0 Å². The van der Waals surface area contributed by atoms with Gasteiger partial charge in [-0.15, -0.1) is 0 Å². The van der Waals surface area contributed by atoms with E-state index >= 15 is 0 Å². The monoisotopic (exact) mass is 424 g/mol. The number of fused-ring (bicyclic) bond motifs is 1. The van der Waals surface area contributed by atoms with Gasteiger partial charge in [-0.25, -0.2) is 0 Å². The first-order valence-electron chi connectivity index (χ1n) is 10.1. The number of carbonyl (C=O) groups excluding carboxylic acids is 2. The van der Waals surface area contributed by atoms with Crippen LogP contribution in [0.25, 0.3) is 0 Å². The van der Waals surface area contributed by atoms with Gasteiger partial charge in [0.05, 0.1) is 0 Å². The third-order valence-electron chi connectivity index (χ3n) is 4.83. The number of rotatable bonds is 10. The molecule has 0 unspecified atom stereocenters. The summed E-state index contributed by atoms with van der Waals surface area (Å²) in [5.74, 6) is -0.138. The number of Topliss-reactive ketones (excluding diaryl/α,β-unsaturated/α-hetero) is 1. The van der Waals surface area contributed by atoms with Crippen LogP contribution >= 0.6 is 0 Å². The molecule has 0 saturated carbocycles. The molecule has 1 aromatic rings. The zero-order valence-corrected chi connectivity index (χ0v) is 20.3. The van der Waals surface area contributed by atoms with Crippen molar-refractivity contribution in [1.82, 2.24) is 9.47 Å². The lowest BCUT2D eigenvalue weighted by atomic mass is 10.1. The lowest BCUT2D eigenvalue weighted by Crippen LogP contribution is -2.35. The normalized spacial score (nSPS) is 15.7. The fraction of sp³-hybridized carbons (Fsp3) is 0.700. The van der Waals surface area contributed by atoms with Crippen LogP contribution < -0.4 is 0 Å². The minimum absolute atomic E-state index is 0.00815. The van der Waals surface area contributed by atoms with Crippen molar-refractivity contribution in [3.05, 3.63) is 23.5 Å². The number of nitrogens with zero attached hydrogens (tertiary/aromatic N) is 2. The van der Waals surface area contributed by atoms with Gasteiger partial charge >= 0.3 is 0 Å². The summed E-state index contributed by atoms with van der Waals surface area (Å²) in [4.78, 5) is 27.2. The SMILES string of the molecule is C[Si](C)(C)CCOCN1CCC(=O)c2ccn(COCC[Si](C)(C)C)c2C1=O. The van der Waals surface area contributed by atoms with E-state index in [1.54, 1.807) is 21.7 Å². The Morgan fingerprint density at radius 2 is 1.50 bits per heavy atom. The van der Waals surface area contributed by atoms with E-state index in [0.717, 1.165) is 12.1 Å². The number of carbonyl (C=O) groups is 2. The van der Waals surface area contributed by atoms with Gasteiger partial charge in [0.25, 0.3) is 5.91 Å². The van der Waals surface area contributed by atoms with E-state index in [0.29, 0.717) is 44.2 Å². The highest BCUT2D eigenvalue weighted by atomic mass is 28.3. The summed E-state index contributed by atoms with van der Waals surface area (Å²) >= 11 is 0. The Labute approximate surface area is 171 Å². The second kappa shape index (κ2) is 9.51. The average molecular weight is 425 g/mol. The van der Waals surface area contributed by atoms with E-state index in [-0.39, 0.29) is 18.4 Å². The molecule has 2 heterocycles. The van der Waals surface area contributed by atoms with Gasteiger partial charge < -0.3 is 18.9 Å². The van der Waals surface area contributed by atoms with Crippen molar-refractivity contribution in [1.29, 1.82) is 0 Å². The maximum absolute atomic E-state index is 13.1. The summed E-state index contributed by atoms with van der Waals surface area (Å²) < 4.78 is 13.3. The van der Waals surface area contributed by atoms with Crippen LogP contribution in [-0.4, -0.2) is 63.8 Å². The Bertz CT molecular complexity index is 689. The van der Waals surface area contributed by atoms with Crippen LogP contribution in [0.3, 0.4) is 0 Å². The second-order valence-electron chi connectivity index (χ2n) is 9.99. The highest BCUT2D eigenvalue weighted by Crippen LogP contribution is 2.21. The topological polar surface area (TPSA) is 60.8 Å². The van der Waals surface area contributed by atoms with Crippen molar-refractivity contribution >= 4 is 27.8 Å². The molecule has 0 aromatic carbocycles. The molecule has 1 aromatic heterocycles. The van der Waals surface area contributed by atoms with Gasteiger partial charge in [0, 0.05) is 54.1 Å². The van der Waals surface area contributed by atoms with Crippen LogP contribution in [0.15, 0.2) is 12.3 Å². The van der Waals surface area contributed by atoms with Crippen LogP contribution in [0.4, 0.5) is 0 Å². The lowest BCUT2D eigenvalue weighted by molar-refractivity contribution is 0.0265. The van der Waals surface area contributed by atoms with Gasteiger partial charge in [-0.3, -0.25) is 9.59 Å². The Balaban J connectivity index is 2.01. The van der Waals surface area contributed by atoms with Crippen molar-refractivity contribution < 1.29 is 19.1 Å². The van der Waals surface area contributed by atoms with Gasteiger partial charge in [0.1, 0.15) is 19.2 Å². The summed E-state index contributed by atoms with van der Waals surface area (Å²) in [6.07, 6.45) is 2.11. The largest absolute Gasteiger partial charge is 0.361 e. The number of hydrogen-bond donors (Lipinski definition) is 0. The van der Waals surface area contributed by atoms with E-state index in [1.165, 1.54) is 0 Å². The highest BCUT2D eigenvalue weighted by molar-refractivity contribution is 6.76. The molecule has 8 heteroatoms. The lowest BCUT2D eigenvalue weighted by Gasteiger charge is -2.23. The second-order valence-corrected chi connectivity index (χ2v) is 21.2. The van der Waals surface area contributed by atoms with Gasteiger partial charge in [-0.2, -0.15) is 0 Å². The molecule has 158 valence electrons. The fourth-order valence-corrected chi connectivity index (χ4v) is 4.40. The van der Waals surface area contributed by atoms with Gasteiger partial charge in [-0.05, 0) is 18.2 Å². The molecule has 0 radical (unpaired) electrons. The highest BCUT2D eigenvalue weighted by Gasteiger charge is 2.30. The Kier molecular flexibility index (Phi) is 7.83. The first-order chi connectivity index (χ1) is 13.0. The van der Waals surface area contributed by atoms with E-state index in [2.05, 4.69) is 39.3 Å². The Morgan fingerprint density at radius 1 is 0.929 bits per heavy atom. The average Bonchev–Trinajstić information content (AvgIpc) is 2.94. The Morgan fingerprint density at radius 3 is 2.07 bits per heavy atom. The third-order valence-corrected chi connectivity index (χ3v) is 8.24. The van der Waals surface area contributed by atoms with Crippen molar-refractivity contribution in [2.45, 2.75) is 64.5 Å². The molecule has 1 aliphatic heterocycles.